The van der Waals surface area contributed by atoms with Crippen LogP contribution in [0.25, 0.3) is 10.9 Å². The number of hydrogen-bond donors (Lipinski definition) is 2. The van der Waals surface area contributed by atoms with E-state index in [1.807, 2.05) is 0 Å². The van der Waals surface area contributed by atoms with Crippen molar-refractivity contribution in [2.45, 2.75) is 20.3 Å². The smallest absolute Gasteiger partial charge is 0.261 e. The van der Waals surface area contributed by atoms with Crippen molar-refractivity contribution in [1.82, 2.24) is 10.2 Å². The number of benzene rings is 2. The summed E-state index contributed by atoms with van der Waals surface area (Å²) in [5.41, 5.74) is 2.59. The lowest BCUT2D eigenvalue weighted by Gasteiger charge is -2.18. The highest BCUT2D eigenvalue weighted by molar-refractivity contribution is 6.09. The summed E-state index contributed by atoms with van der Waals surface area (Å²) in [4.78, 5) is 14.4. The minimum atomic E-state index is -0.286. The van der Waals surface area contributed by atoms with Crippen molar-refractivity contribution in [2.24, 2.45) is 5.92 Å². The molecule has 136 valence electrons. The van der Waals surface area contributed by atoms with Gasteiger partial charge in [0, 0.05) is 29.9 Å². The molecule has 3 aromatic rings. The number of aromatic hydroxyl groups is 1. The number of H-pyrrole nitrogens is 1. The van der Waals surface area contributed by atoms with Crippen LogP contribution >= 0.6 is 0 Å². The number of phenols is 1. The zero-order valence-corrected chi connectivity index (χ0v) is 15.4. The summed E-state index contributed by atoms with van der Waals surface area (Å²) in [6, 6.07) is 10.4. The Hall–Kier alpha value is -3.02. The summed E-state index contributed by atoms with van der Waals surface area (Å²) in [6.45, 7) is 4.24. The molecule has 0 aliphatic rings. The van der Waals surface area contributed by atoms with Gasteiger partial charge in [-0.3, -0.25) is 9.89 Å². The van der Waals surface area contributed by atoms with Crippen molar-refractivity contribution in [2.75, 3.05) is 19.1 Å². The lowest BCUT2D eigenvalue weighted by Crippen LogP contribution is -2.26. The molecule has 1 aromatic heterocycles. The van der Waals surface area contributed by atoms with E-state index in [0.29, 0.717) is 17.1 Å². The molecule has 0 fully saturated rings. The summed E-state index contributed by atoms with van der Waals surface area (Å²) in [5.74, 6) is 0.806. The van der Waals surface area contributed by atoms with Crippen LogP contribution in [0.15, 0.2) is 36.4 Å². The number of rotatable bonds is 5. The SMILES string of the molecule is COc1ccc(N(C)C(=O)c2cc3c(CC(C)C)[nH]nc3cc2O)cc1. The molecule has 0 spiro atoms. The predicted octanol–water partition coefficient (Wildman–Crippen LogP) is 3.75. The van der Waals surface area contributed by atoms with Crippen molar-refractivity contribution in [1.29, 1.82) is 0 Å². The minimum Gasteiger partial charge on any atom is -0.507 e. The predicted molar refractivity (Wildman–Crippen MR) is 102 cm³/mol. The molecule has 0 atom stereocenters. The summed E-state index contributed by atoms with van der Waals surface area (Å²) in [6.07, 6.45) is 0.823. The maximum Gasteiger partial charge on any atom is 0.261 e. The van der Waals surface area contributed by atoms with E-state index in [4.69, 9.17) is 4.74 Å². The highest BCUT2D eigenvalue weighted by Crippen LogP contribution is 2.29. The van der Waals surface area contributed by atoms with E-state index < -0.39 is 0 Å². The Morgan fingerprint density at radius 3 is 2.58 bits per heavy atom. The number of aromatic nitrogens is 2. The van der Waals surface area contributed by atoms with Crippen LogP contribution in [0.5, 0.6) is 11.5 Å². The number of carbonyl (C=O) groups is 1. The van der Waals surface area contributed by atoms with Crippen molar-refractivity contribution in [3.05, 3.63) is 47.7 Å². The molecule has 3 rings (SSSR count). The number of nitrogens with zero attached hydrogens (tertiary/aromatic N) is 2. The fourth-order valence-corrected chi connectivity index (χ4v) is 2.94. The van der Waals surface area contributed by atoms with Crippen molar-refractivity contribution >= 4 is 22.5 Å². The van der Waals surface area contributed by atoms with Crippen molar-refractivity contribution in [3.63, 3.8) is 0 Å². The first kappa shape index (κ1) is 17.8. The van der Waals surface area contributed by atoms with E-state index in [0.717, 1.165) is 23.3 Å². The summed E-state index contributed by atoms with van der Waals surface area (Å²) in [5, 5.41) is 18.4. The van der Waals surface area contributed by atoms with Crippen LogP contribution in [-0.4, -0.2) is 35.4 Å². The van der Waals surface area contributed by atoms with Gasteiger partial charge in [0.2, 0.25) is 0 Å². The normalized spacial score (nSPS) is 11.1. The molecule has 1 heterocycles. The van der Waals surface area contributed by atoms with Crippen LogP contribution < -0.4 is 9.64 Å². The fraction of sp³-hybridized carbons (Fsp3) is 0.300. The van der Waals surface area contributed by atoms with Gasteiger partial charge >= 0.3 is 0 Å². The molecular formula is C20H23N3O3. The average Bonchev–Trinajstić information content (AvgIpc) is 3.00. The molecular weight excluding hydrogens is 330 g/mol. The van der Waals surface area contributed by atoms with E-state index in [1.165, 1.54) is 11.0 Å². The number of hydrogen-bond acceptors (Lipinski definition) is 4. The molecule has 0 radical (unpaired) electrons. The Labute approximate surface area is 152 Å². The molecule has 0 aliphatic heterocycles. The molecule has 2 aromatic carbocycles. The van der Waals surface area contributed by atoms with Gasteiger partial charge in [-0.1, -0.05) is 13.8 Å². The van der Waals surface area contributed by atoms with Crippen molar-refractivity contribution < 1.29 is 14.6 Å². The molecule has 0 unspecified atom stereocenters. The largest absolute Gasteiger partial charge is 0.507 e. The zero-order chi connectivity index (χ0) is 18.8. The van der Waals surface area contributed by atoms with Gasteiger partial charge in [0.1, 0.15) is 11.5 Å². The maximum absolute atomic E-state index is 12.9. The minimum absolute atomic E-state index is 0.0783. The summed E-state index contributed by atoms with van der Waals surface area (Å²) < 4.78 is 5.14. The van der Waals surface area contributed by atoms with Gasteiger partial charge in [-0.25, -0.2) is 0 Å². The Morgan fingerprint density at radius 1 is 1.27 bits per heavy atom. The van der Waals surface area contributed by atoms with Gasteiger partial charge in [-0.2, -0.15) is 5.10 Å². The molecule has 26 heavy (non-hydrogen) atoms. The summed E-state index contributed by atoms with van der Waals surface area (Å²) in [7, 11) is 3.27. The molecule has 1 amide bonds. The van der Waals surface area contributed by atoms with E-state index in [1.54, 1.807) is 44.5 Å². The second-order valence-corrected chi connectivity index (χ2v) is 6.75. The summed E-state index contributed by atoms with van der Waals surface area (Å²) >= 11 is 0. The third kappa shape index (κ3) is 3.35. The Kier molecular flexibility index (Phi) is 4.84. The Balaban J connectivity index is 1.96. The van der Waals surface area contributed by atoms with Gasteiger partial charge in [0.15, 0.2) is 0 Å². The molecule has 0 saturated heterocycles. The number of carbonyl (C=O) groups excluding carboxylic acids is 1. The third-order valence-corrected chi connectivity index (χ3v) is 4.36. The quantitative estimate of drug-likeness (QED) is 0.732. The molecule has 6 nitrogen and oxygen atoms in total. The lowest BCUT2D eigenvalue weighted by molar-refractivity contribution is 0.0990. The lowest BCUT2D eigenvalue weighted by atomic mass is 10.0. The Morgan fingerprint density at radius 2 is 1.96 bits per heavy atom. The molecule has 0 saturated carbocycles. The fourth-order valence-electron chi connectivity index (χ4n) is 2.94. The number of nitrogens with one attached hydrogen (secondary N) is 1. The first-order chi connectivity index (χ1) is 12.4. The molecule has 6 heteroatoms. The number of anilines is 1. The van der Waals surface area contributed by atoms with Crippen LogP contribution in [0.3, 0.4) is 0 Å². The number of aromatic amines is 1. The molecule has 0 aliphatic carbocycles. The number of ether oxygens (including phenoxy) is 1. The van der Waals surface area contributed by atoms with Crippen LogP contribution in [0.2, 0.25) is 0 Å². The average molecular weight is 353 g/mol. The third-order valence-electron chi connectivity index (χ3n) is 4.36. The number of fused-ring (bicyclic) bond motifs is 1. The molecule has 0 bridgehead atoms. The van der Waals surface area contributed by atoms with Crippen LogP contribution in [0, 0.1) is 5.92 Å². The Bertz CT molecular complexity index is 929. The number of methoxy groups -OCH3 is 1. The van der Waals surface area contributed by atoms with Gasteiger partial charge in [0.05, 0.1) is 18.2 Å². The standard InChI is InChI=1S/C20H23N3O3/c1-12(2)9-17-15-10-16(19(24)11-18(15)22-21-17)20(25)23(3)13-5-7-14(26-4)8-6-13/h5-8,10-12,24H,9H2,1-4H3,(H,21,22). The van der Waals surface area contributed by atoms with E-state index in [9.17, 15) is 9.90 Å². The van der Waals surface area contributed by atoms with E-state index >= 15 is 0 Å². The monoisotopic (exact) mass is 353 g/mol. The van der Waals surface area contributed by atoms with Gasteiger partial charge in [0.25, 0.3) is 5.91 Å². The maximum atomic E-state index is 12.9. The van der Waals surface area contributed by atoms with Gasteiger partial charge in [-0.15, -0.1) is 0 Å². The van der Waals surface area contributed by atoms with E-state index in [2.05, 4.69) is 24.0 Å². The number of amides is 1. The second kappa shape index (κ2) is 7.07. The first-order valence-corrected chi connectivity index (χ1v) is 8.52. The van der Waals surface area contributed by atoms with Crippen LogP contribution in [0.1, 0.15) is 29.9 Å². The first-order valence-electron chi connectivity index (χ1n) is 8.52. The number of phenolic OH excluding ortho intramolecular Hbond substituents is 1. The van der Waals surface area contributed by atoms with Crippen LogP contribution in [0.4, 0.5) is 5.69 Å². The van der Waals surface area contributed by atoms with Gasteiger partial charge in [-0.05, 0) is 42.7 Å². The zero-order valence-electron chi connectivity index (χ0n) is 15.4. The van der Waals surface area contributed by atoms with E-state index in [-0.39, 0.29) is 17.2 Å². The van der Waals surface area contributed by atoms with Crippen molar-refractivity contribution in [3.8, 4) is 11.5 Å². The van der Waals surface area contributed by atoms with Crippen LogP contribution in [-0.2, 0) is 6.42 Å². The highest BCUT2D eigenvalue weighted by atomic mass is 16.5. The highest BCUT2D eigenvalue weighted by Gasteiger charge is 2.20. The molecule has 2 N–H and O–H groups in total. The van der Waals surface area contributed by atoms with Gasteiger partial charge < -0.3 is 14.7 Å². The second-order valence-electron chi connectivity index (χ2n) is 6.75. The topological polar surface area (TPSA) is 78.5 Å².